The minimum absolute atomic E-state index is 0.0844. The number of anilines is 1. The molecule has 0 spiro atoms. The van der Waals surface area contributed by atoms with Crippen molar-refractivity contribution >= 4 is 11.6 Å². The second kappa shape index (κ2) is 5.53. The van der Waals surface area contributed by atoms with Gasteiger partial charge < -0.3 is 5.32 Å². The van der Waals surface area contributed by atoms with E-state index in [0.717, 1.165) is 11.3 Å². The molecular weight excluding hydrogens is 224 g/mol. The average molecular weight is 246 g/mol. The number of benzene rings is 1. The molecule has 2 rings (SSSR count). The van der Waals surface area contributed by atoms with Crippen molar-refractivity contribution in [2.45, 2.75) is 45.7 Å². The number of rotatable bonds is 3. The minimum atomic E-state index is 0.0844. The van der Waals surface area contributed by atoms with Gasteiger partial charge in [0.2, 0.25) is 5.91 Å². The van der Waals surface area contributed by atoms with Crippen LogP contribution in [-0.4, -0.2) is 29.4 Å². The fraction of sp³-hybridized carbons (Fsp3) is 0.533. The van der Waals surface area contributed by atoms with E-state index < -0.39 is 0 Å². The molecule has 98 valence electrons. The Morgan fingerprint density at radius 3 is 2.61 bits per heavy atom. The van der Waals surface area contributed by atoms with Crippen molar-refractivity contribution in [3.8, 4) is 0 Å². The van der Waals surface area contributed by atoms with E-state index >= 15 is 0 Å². The van der Waals surface area contributed by atoms with E-state index in [1.165, 1.54) is 12.8 Å². The summed E-state index contributed by atoms with van der Waals surface area (Å²) >= 11 is 0. The van der Waals surface area contributed by atoms with Gasteiger partial charge in [-0.05, 0) is 51.3 Å². The van der Waals surface area contributed by atoms with Crippen molar-refractivity contribution in [1.29, 1.82) is 0 Å². The SMILES string of the molecule is Cc1cccc(NC(=O)CN2C(C)CCC2C)c1. The van der Waals surface area contributed by atoms with Crippen LogP contribution in [0.3, 0.4) is 0 Å². The summed E-state index contributed by atoms with van der Waals surface area (Å²) < 4.78 is 0. The summed E-state index contributed by atoms with van der Waals surface area (Å²) in [6.07, 6.45) is 2.39. The fourth-order valence-electron chi connectivity index (χ4n) is 2.65. The predicted molar refractivity (Wildman–Crippen MR) is 74.7 cm³/mol. The summed E-state index contributed by atoms with van der Waals surface area (Å²) in [6.45, 7) is 6.92. The van der Waals surface area contributed by atoms with E-state index in [9.17, 15) is 4.79 Å². The van der Waals surface area contributed by atoms with Crippen LogP contribution in [0.25, 0.3) is 0 Å². The Morgan fingerprint density at radius 1 is 1.33 bits per heavy atom. The van der Waals surface area contributed by atoms with Gasteiger partial charge >= 0.3 is 0 Å². The zero-order chi connectivity index (χ0) is 13.1. The summed E-state index contributed by atoms with van der Waals surface area (Å²) in [5.41, 5.74) is 2.05. The summed E-state index contributed by atoms with van der Waals surface area (Å²) in [7, 11) is 0. The Kier molecular flexibility index (Phi) is 4.02. The van der Waals surface area contributed by atoms with Gasteiger partial charge in [-0.25, -0.2) is 0 Å². The standard InChI is InChI=1S/C15H22N2O/c1-11-5-4-6-14(9-11)16-15(18)10-17-12(2)7-8-13(17)3/h4-6,9,12-13H,7-8,10H2,1-3H3,(H,16,18). The predicted octanol–water partition coefficient (Wildman–Crippen LogP) is 2.81. The van der Waals surface area contributed by atoms with Crippen molar-refractivity contribution < 1.29 is 4.79 Å². The molecule has 1 fully saturated rings. The summed E-state index contributed by atoms with van der Waals surface area (Å²) in [4.78, 5) is 14.3. The highest BCUT2D eigenvalue weighted by Crippen LogP contribution is 2.22. The van der Waals surface area contributed by atoms with Crippen LogP contribution in [0.1, 0.15) is 32.3 Å². The normalized spacial score (nSPS) is 24.2. The third kappa shape index (κ3) is 3.10. The highest BCUT2D eigenvalue weighted by atomic mass is 16.2. The van der Waals surface area contributed by atoms with E-state index in [4.69, 9.17) is 0 Å². The van der Waals surface area contributed by atoms with Crippen molar-refractivity contribution in [2.24, 2.45) is 0 Å². The maximum atomic E-state index is 12.0. The van der Waals surface area contributed by atoms with E-state index in [1.54, 1.807) is 0 Å². The molecule has 2 atom stereocenters. The van der Waals surface area contributed by atoms with Crippen LogP contribution < -0.4 is 5.32 Å². The number of hydrogen-bond donors (Lipinski definition) is 1. The van der Waals surface area contributed by atoms with Crippen LogP contribution in [0.15, 0.2) is 24.3 Å². The molecule has 1 heterocycles. The zero-order valence-corrected chi connectivity index (χ0v) is 11.4. The third-order valence-corrected chi connectivity index (χ3v) is 3.76. The van der Waals surface area contributed by atoms with E-state index in [0.29, 0.717) is 18.6 Å². The number of nitrogens with zero attached hydrogens (tertiary/aromatic N) is 1. The van der Waals surface area contributed by atoms with Gasteiger partial charge in [0, 0.05) is 17.8 Å². The molecule has 3 nitrogen and oxygen atoms in total. The van der Waals surface area contributed by atoms with Crippen molar-refractivity contribution in [2.75, 3.05) is 11.9 Å². The molecule has 0 saturated carbocycles. The van der Waals surface area contributed by atoms with Crippen molar-refractivity contribution in [3.05, 3.63) is 29.8 Å². The van der Waals surface area contributed by atoms with Gasteiger partial charge in [0.1, 0.15) is 0 Å². The molecule has 18 heavy (non-hydrogen) atoms. The second-order valence-electron chi connectivity index (χ2n) is 5.37. The first-order valence-electron chi connectivity index (χ1n) is 6.68. The summed E-state index contributed by atoms with van der Waals surface area (Å²) in [5.74, 6) is 0.0844. The molecule has 1 amide bonds. The maximum absolute atomic E-state index is 12.0. The first-order valence-corrected chi connectivity index (χ1v) is 6.68. The second-order valence-corrected chi connectivity index (χ2v) is 5.37. The molecule has 1 aromatic rings. The summed E-state index contributed by atoms with van der Waals surface area (Å²) in [6, 6.07) is 8.95. The average Bonchev–Trinajstić information content (AvgIpc) is 2.61. The van der Waals surface area contributed by atoms with E-state index in [1.807, 2.05) is 31.2 Å². The quantitative estimate of drug-likeness (QED) is 0.889. The highest BCUT2D eigenvalue weighted by molar-refractivity contribution is 5.92. The number of hydrogen-bond acceptors (Lipinski definition) is 2. The van der Waals surface area contributed by atoms with Crippen LogP contribution in [0.4, 0.5) is 5.69 Å². The van der Waals surface area contributed by atoms with E-state index in [-0.39, 0.29) is 5.91 Å². The monoisotopic (exact) mass is 246 g/mol. The van der Waals surface area contributed by atoms with Crippen molar-refractivity contribution in [1.82, 2.24) is 4.90 Å². The molecule has 3 heteroatoms. The molecule has 1 saturated heterocycles. The van der Waals surface area contributed by atoms with Gasteiger partial charge in [0.25, 0.3) is 0 Å². The molecule has 0 aliphatic carbocycles. The van der Waals surface area contributed by atoms with Crippen molar-refractivity contribution in [3.63, 3.8) is 0 Å². The van der Waals surface area contributed by atoms with Gasteiger partial charge in [0.05, 0.1) is 6.54 Å². The van der Waals surface area contributed by atoms with Gasteiger partial charge in [-0.15, -0.1) is 0 Å². The minimum Gasteiger partial charge on any atom is -0.325 e. The maximum Gasteiger partial charge on any atom is 0.238 e. The molecule has 1 N–H and O–H groups in total. The molecule has 1 aromatic carbocycles. The van der Waals surface area contributed by atoms with Gasteiger partial charge in [-0.1, -0.05) is 12.1 Å². The van der Waals surface area contributed by atoms with Gasteiger partial charge in [0.15, 0.2) is 0 Å². The smallest absolute Gasteiger partial charge is 0.238 e. The lowest BCUT2D eigenvalue weighted by Crippen LogP contribution is -2.39. The first kappa shape index (κ1) is 13.1. The number of carbonyl (C=O) groups is 1. The zero-order valence-electron chi connectivity index (χ0n) is 11.4. The lowest BCUT2D eigenvalue weighted by Gasteiger charge is -2.25. The largest absolute Gasteiger partial charge is 0.325 e. The third-order valence-electron chi connectivity index (χ3n) is 3.76. The molecule has 0 radical (unpaired) electrons. The summed E-state index contributed by atoms with van der Waals surface area (Å²) in [5, 5.41) is 2.97. The first-order chi connectivity index (χ1) is 8.56. The molecular formula is C15H22N2O. The Bertz CT molecular complexity index is 420. The Hall–Kier alpha value is -1.35. The Morgan fingerprint density at radius 2 is 2.00 bits per heavy atom. The van der Waals surface area contributed by atoms with Crippen LogP contribution >= 0.6 is 0 Å². The fourth-order valence-corrected chi connectivity index (χ4v) is 2.65. The molecule has 2 unspecified atom stereocenters. The molecule has 0 bridgehead atoms. The van der Waals surface area contributed by atoms with Crippen LogP contribution in [0.5, 0.6) is 0 Å². The highest BCUT2D eigenvalue weighted by Gasteiger charge is 2.28. The Labute approximate surface area is 109 Å². The number of amides is 1. The van der Waals surface area contributed by atoms with Gasteiger partial charge in [-0.3, -0.25) is 9.69 Å². The Balaban J connectivity index is 1.93. The van der Waals surface area contributed by atoms with Crippen LogP contribution in [0, 0.1) is 6.92 Å². The number of carbonyl (C=O) groups excluding carboxylic acids is 1. The molecule has 0 aromatic heterocycles. The molecule has 1 aliphatic heterocycles. The van der Waals surface area contributed by atoms with Gasteiger partial charge in [-0.2, -0.15) is 0 Å². The lowest BCUT2D eigenvalue weighted by atomic mass is 10.2. The number of aryl methyl sites for hydroxylation is 1. The number of likely N-dealkylation sites (tertiary alicyclic amines) is 1. The number of nitrogens with one attached hydrogen (secondary N) is 1. The molecule has 1 aliphatic rings. The van der Waals surface area contributed by atoms with Crippen LogP contribution in [-0.2, 0) is 4.79 Å². The van der Waals surface area contributed by atoms with E-state index in [2.05, 4.69) is 24.1 Å². The van der Waals surface area contributed by atoms with Crippen LogP contribution in [0.2, 0.25) is 0 Å². The topological polar surface area (TPSA) is 32.3 Å². The lowest BCUT2D eigenvalue weighted by molar-refractivity contribution is -0.117.